The van der Waals surface area contributed by atoms with Crippen molar-refractivity contribution in [2.24, 2.45) is 4.99 Å². The molecule has 4 aliphatic rings. The van der Waals surface area contributed by atoms with E-state index in [1.807, 2.05) is 12.1 Å². The van der Waals surface area contributed by atoms with Gasteiger partial charge in [-0.15, -0.1) is 0 Å². The predicted octanol–water partition coefficient (Wildman–Crippen LogP) is 2.15. The maximum absolute atomic E-state index is 11.8. The summed E-state index contributed by atoms with van der Waals surface area (Å²) in [6.45, 7) is 6.04. The van der Waals surface area contributed by atoms with Crippen molar-refractivity contribution >= 4 is 28.4 Å². The number of hydrogen-bond donors (Lipinski definition) is 2. The summed E-state index contributed by atoms with van der Waals surface area (Å²) in [5, 5.41) is 12.2. The highest BCUT2D eigenvalue weighted by atomic mass is 32.2. The summed E-state index contributed by atoms with van der Waals surface area (Å²) in [6.07, 6.45) is 7.25. The van der Waals surface area contributed by atoms with Crippen LogP contribution in [0.1, 0.15) is 37.9 Å². The molecule has 3 atom stereocenters. The number of H-pyrrole nitrogens is 1. The minimum Gasteiger partial charge on any atom is -0.616 e. The van der Waals surface area contributed by atoms with Crippen LogP contribution in [0, 0.1) is 0 Å². The molecule has 0 radical (unpaired) electrons. The van der Waals surface area contributed by atoms with Crippen molar-refractivity contribution in [3.05, 3.63) is 35.8 Å². The molecule has 1 saturated carbocycles. The minimum atomic E-state index is -0.623. The predicted molar refractivity (Wildman–Crippen MR) is 126 cm³/mol. The molecule has 2 N–H and O–H groups in total. The molecular formula is C23H30N6O2S. The quantitative estimate of drug-likeness (QED) is 0.673. The zero-order valence-electron chi connectivity index (χ0n) is 18.4. The van der Waals surface area contributed by atoms with Crippen molar-refractivity contribution in [2.45, 2.75) is 43.9 Å². The Morgan fingerprint density at radius 1 is 1.22 bits per heavy atom. The van der Waals surface area contributed by atoms with Crippen molar-refractivity contribution in [3.8, 4) is 5.75 Å². The van der Waals surface area contributed by atoms with Gasteiger partial charge in [0.2, 0.25) is 0 Å². The van der Waals surface area contributed by atoms with Crippen LogP contribution < -0.4 is 10.1 Å². The molecule has 0 amide bonds. The smallest absolute Gasteiger partial charge is 0.128 e. The van der Waals surface area contributed by atoms with Gasteiger partial charge < -0.3 is 19.5 Å². The molecule has 4 heterocycles. The highest BCUT2D eigenvalue weighted by Gasteiger charge is 2.40. The van der Waals surface area contributed by atoms with Gasteiger partial charge in [-0.05, 0) is 44.0 Å². The molecule has 9 heteroatoms. The summed E-state index contributed by atoms with van der Waals surface area (Å²) in [6, 6.07) is 6.61. The third-order valence-corrected chi connectivity index (χ3v) is 8.60. The van der Waals surface area contributed by atoms with E-state index in [9.17, 15) is 4.55 Å². The zero-order chi connectivity index (χ0) is 21.7. The highest BCUT2D eigenvalue weighted by Crippen LogP contribution is 2.40. The number of piperazine rings is 1. The second kappa shape index (κ2) is 7.97. The van der Waals surface area contributed by atoms with Crippen LogP contribution in [-0.4, -0.2) is 80.2 Å². The number of aromatic amines is 1. The van der Waals surface area contributed by atoms with Crippen LogP contribution in [0.25, 0.3) is 10.9 Å². The molecule has 0 bridgehead atoms. The van der Waals surface area contributed by atoms with Crippen LogP contribution in [0.4, 0.5) is 0 Å². The SMILES string of the molecule is CC1(Oc2ccc3[nH]nc(C4C=C(N5CCN(C6CC[S+]([O-])C6)CC5)N=CN4)c3c2)CC1. The molecule has 0 spiro atoms. The van der Waals surface area contributed by atoms with Gasteiger partial charge in [-0.25, -0.2) is 4.99 Å². The van der Waals surface area contributed by atoms with E-state index in [4.69, 9.17) is 4.74 Å². The second-order valence-electron chi connectivity index (χ2n) is 9.57. The first-order valence-corrected chi connectivity index (χ1v) is 13.1. The van der Waals surface area contributed by atoms with Gasteiger partial charge >= 0.3 is 0 Å². The average molecular weight is 455 g/mol. The van der Waals surface area contributed by atoms with E-state index in [0.717, 1.165) is 85.1 Å². The number of rotatable bonds is 5. The Kier molecular flexibility index (Phi) is 5.07. The van der Waals surface area contributed by atoms with Gasteiger partial charge in [0.25, 0.3) is 0 Å². The Morgan fingerprint density at radius 3 is 2.81 bits per heavy atom. The van der Waals surface area contributed by atoms with Crippen LogP contribution in [0.5, 0.6) is 5.75 Å². The fourth-order valence-electron chi connectivity index (χ4n) is 4.90. The summed E-state index contributed by atoms with van der Waals surface area (Å²) in [5.74, 6) is 3.59. The summed E-state index contributed by atoms with van der Waals surface area (Å²) in [7, 11) is 0. The van der Waals surface area contributed by atoms with Gasteiger partial charge in [0.1, 0.15) is 28.7 Å². The molecule has 1 aromatic heterocycles. The molecule has 170 valence electrons. The molecular weight excluding hydrogens is 424 g/mol. The number of nitrogens with one attached hydrogen (secondary N) is 2. The number of aromatic nitrogens is 2. The van der Waals surface area contributed by atoms with E-state index < -0.39 is 11.2 Å². The largest absolute Gasteiger partial charge is 0.616 e. The Morgan fingerprint density at radius 2 is 2.06 bits per heavy atom. The summed E-state index contributed by atoms with van der Waals surface area (Å²) in [4.78, 5) is 9.48. The van der Waals surface area contributed by atoms with Crippen LogP contribution in [-0.2, 0) is 11.2 Å². The number of ether oxygens (including phenoxy) is 1. The van der Waals surface area contributed by atoms with Crippen molar-refractivity contribution in [3.63, 3.8) is 0 Å². The van der Waals surface area contributed by atoms with Crippen LogP contribution >= 0.6 is 0 Å². The van der Waals surface area contributed by atoms with Gasteiger partial charge in [0, 0.05) is 38.0 Å². The van der Waals surface area contributed by atoms with Crippen LogP contribution in [0.15, 0.2) is 35.1 Å². The third kappa shape index (κ3) is 3.97. The van der Waals surface area contributed by atoms with E-state index in [-0.39, 0.29) is 11.6 Å². The van der Waals surface area contributed by atoms with Gasteiger partial charge in [-0.2, -0.15) is 5.10 Å². The second-order valence-corrected chi connectivity index (χ2v) is 11.2. The summed E-state index contributed by atoms with van der Waals surface area (Å²) < 4.78 is 17.9. The molecule has 8 nitrogen and oxygen atoms in total. The first kappa shape index (κ1) is 20.4. The lowest BCUT2D eigenvalue weighted by Crippen LogP contribution is -2.50. The topological polar surface area (TPSA) is 91.8 Å². The summed E-state index contributed by atoms with van der Waals surface area (Å²) in [5.41, 5.74) is 1.97. The highest BCUT2D eigenvalue weighted by molar-refractivity contribution is 7.91. The van der Waals surface area contributed by atoms with Gasteiger partial charge in [0.15, 0.2) is 0 Å². The normalized spacial score (nSPS) is 29.8. The molecule has 1 aromatic carbocycles. The van der Waals surface area contributed by atoms with Gasteiger partial charge in [-0.3, -0.25) is 10.00 Å². The van der Waals surface area contributed by atoms with E-state index in [1.165, 1.54) is 0 Å². The van der Waals surface area contributed by atoms with Gasteiger partial charge in [0.05, 0.1) is 29.6 Å². The maximum Gasteiger partial charge on any atom is 0.128 e. The Hall–Kier alpha value is -2.23. The number of benzene rings is 1. The van der Waals surface area contributed by atoms with Crippen molar-refractivity contribution in [1.29, 1.82) is 0 Å². The molecule has 32 heavy (non-hydrogen) atoms. The Balaban J connectivity index is 1.17. The van der Waals surface area contributed by atoms with Crippen molar-refractivity contribution < 1.29 is 9.29 Å². The van der Waals surface area contributed by atoms with E-state index >= 15 is 0 Å². The molecule has 3 aliphatic heterocycles. The molecule has 1 aliphatic carbocycles. The van der Waals surface area contributed by atoms with E-state index in [2.05, 4.69) is 49.4 Å². The third-order valence-electron chi connectivity index (χ3n) is 7.16. The number of fused-ring (bicyclic) bond motifs is 1. The van der Waals surface area contributed by atoms with Crippen molar-refractivity contribution in [1.82, 2.24) is 25.3 Å². The molecule has 6 rings (SSSR count). The van der Waals surface area contributed by atoms with Crippen LogP contribution in [0.3, 0.4) is 0 Å². The Labute approximate surface area is 191 Å². The average Bonchev–Trinajstić information content (AvgIpc) is 3.19. The lowest BCUT2D eigenvalue weighted by atomic mass is 10.1. The monoisotopic (exact) mass is 454 g/mol. The lowest BCUT2D eigenvalue weighted by Gasteiger charge is -2.38. The first-order valence-electron chi connectivity index (χ1n) is 11.6. The maximum atomic E-state index is 11.8. The lowest BCUT2D eigenvalue weighted by molar-refractivity contribution is 0.124. The molecule has 2 saturated heterocycles. The van der Waals surface area contributed by atoms with Gasteiger partial charge in [-0.1, -0.05) is 11.2 Å². The van der Waals surface area contributed by atoms with Crippen molar-refractivity contribution in [2.75, 3.05) is 37.7 Å². The summed E-state index contributed by atoms with van der Waals surface area (Å²) >= 11 is -0.623. The fraction of sp³-hybridized carbons (Fsp3) is 0.565. The number of aliphatic imine (C=N–C) groups is 1. The Bertz CT molecular complexity index is 1060. The minimum absolute atomic E-state index is 0.00389. The molecule has 3 fully saturated rings. The zero-order valence-corrected chi connectivity index (χ0v) is 19.2. The van der Waals surface area contributed by atoms with E-state index in [0.29, 0.717) is 6.04 Å². The molecule has 2 aromatic rings. The van der Waals surface area contributed by atoms with Crippen LogP contribution in [0.2, 0.25) is 0 Å². The fourth-order valence-corrected chi connectivity index (χ4v) is 6.41. The first-order chi connectivity index (χ1) is 15.6. The standard InChI is InChI=1S/C23H30N6O2S/c1-23(5-6-23)31-17-2-3-19-18(12-17)22(27-26-19)20-13-21(25-15-24-20)29-9-7-28(8-10-29)16-4-11-32(30)14-16/h2-3,12-13,15-16,20H,4-11,14H2,1H3,(H,24,25)(H,26,27). The van der Waals surface area contributed by atoms with E-state index in [1.54, 1.807) is 6.34 Å². The number of nitrogens with zero attached hydrogens (tertiary/aromatic N) is 4. The number of hydrogen-bond acceptors (Lipinski definition) is 7. The molecule has 3 unspecified atom stereocenters.